The average Bonchev–Trinajstić information content (AvgIpc) is 3.23. The number of carbonyl (C=O) groups excluding carboxylic acids is 1. The second-order valence-corrected chi connectivity index (χ2v) is 8.07. The number of benzene rings is 2. The maximum Gasteiger partial charge on any atom is 0.307 e. The number of hydrogen-bond acceptors (Lipinski definition) is 4. The highest BCUT2D eigenvalue weighted by atomic mass is 35.5. The number of carbonyl (C=O) groups is 1. The quantitative estimate of drug-likeness (QED) is 0.401. The van der Waals surface area contributed by atoms with Gasteiger partial charge in [-0.3, -0.25) is 4.79 Å². The van der Waals surface area contributed by atoms with Crippen molar-refractivity contribution in [3.8, 4) is 23.3 Å². The molecule has 1 aliphatic carbocycles. The molecule has 1 atom stereocenters. The van der Waals surface area contributed by atoms with Crippen molar-refractivity contribution in [2.24, 2.45) is 0 Å². The Bertz CT molecular complexity index is 935. The van der Waals surface area contributed by atoms with E-state index in [-0.39, 0.29) is 24.4 Å². The van der Waals surface area contributed by atoms with Crippen LogP contribution in [0.25, 0.3) is 0 Å². The Hall–Kier alpha value is -2.35. The monoisotopic (exact) mass is 446 g/mol. The lowest BCUT2D eigenvalue weighted by Crippen LogP contribution is -2.12. The van der Waals surface area contributed by atoms with Gasteiger partial charge in [-0.25, -0.2) is 0 Å². The Morgan fingerprint density at radius 3 is 2.40 bits per heavy atom. The van der Waals surface area contributed by atoms with Crippen molar-refractivity contribution >= 4 is 29.2 Å². The Balaban J connectivity index is 1.93. The molecule has 3 rings (SSSR count). The molecule has 4 nitrogen and oxygen atoms in total. The van der Waals surface area contributed by atoms with Crippen LogP contribution in [0.4, 0.5) is 0 Å². The molecule has 1 fully saturated rings. The maximum absolute atomic E-state index is 12.0. The zero-order valence-electron chi connectivity index (χ0n) is 17.0. The van der Waals surface area contributed by atoms with Gasteiger partial charge in [0, 0.05) is 15.6 Å². The van der Waals surface area contributed by atoms with E-state index in [1.54, 1.807) is 25.3 Å². The van der Waals surface area contributed by atoms with Crippen LogP contribution < -0.4 is 9.47 Å². The van der Waals surface area contributed by atoms with Crippen molar-refractivity contribution in [2.45, 2.75) is 44.1 Å². The summed E-state index contributed by atoms with van der Waals surface area (Å²) in [5.41, 5.74) is 1.54. The van der Waals surface area contributed by atoms with Gasteiger partial charge in [-0.1, -0.05) is 41.1 Å². The minimum atomic E-state index is -0.382. The standard InChI is InChI=1S/C24H24Cl2O4/c1-28-22-10-9-17(13-23(22)30-21-5-3-4-6-21)18(14-24(27)29-2)8-7-16-11-19(25)15-20(26)12-16/h9-13,15,18,21H,3-6,14H2,1-2H3. The molecule has 0 radical (unpaired) electrons. The van der Waals surface area contributed by atoms with Gasteiger partial charge in [0.05, 0.1) is 32.7 Å². The molecule has 2 aromatic rings. The highest BCUT2D eigenvalue weighted by Gasteiger charge is 2.21. The lowest BCUT2D eigenvalue weighted by atomic mass is 9.95. The van der Waals surface area contributed by atoms with Crippen LogP contribution in [0.5, 0.6) is 11.5 Å². The predicted octanol–water partition coefficient (Wildman–Crippen LogP) is 6.02. The van der Waals surface area contributed by atoms with E-state index in [2.05, 4.69) is 11.8 Å². The third-order valence-electron chi connectivity index (χ3n) is 5.04. The summed E-state index contributed by atoms with van der Waals surface area (Å²) in [7, 11) is 2.98. The van der Waals surface area contributed by atoms with Gasteiger partial charge in [0.15, 0.2) is 11.5 Å². The summed E-state index contributed by atoms with van der Waals surface area (Å²) in [4.78, 5) is 12.0. The molecule has 2 aromatic carbocycles. The van der Waals surface area contributed by atoms with Crippen LogP contribution in [0.3, 0.4) is 0 Å². The van der Waals surface area contributed by atoms with Gasteiger partial charge >= 0.3 is 5.97 Å². The Labute approximate surface area is 187 Å². The number of halogens is 2. The van der Waals surface area contributed by atoms with Crippen LogP contribution in [0.15, 0.2) is 36.4 Å². The molecule has 6 heteroatoms. The molecule has 0 spiro atoms. The van der Waals surface area contributed by atoms with Crippen LogP contribution in [-0.4, -0.2) is 26.3 Å². The average molecular weight is 447 g/mol. The molecule has 0 saturated heterocycles. The summed E-state index contributed by atoms with van der Waals surface area (Å²) in [5.74, 6) is 6.85. The molecule has 0 amide bonds. The largest absolute Gasteiger partial charge is 0.493 e. The molecule has 1 aliphatic rings. The van der Waals surface area contributed by atoms with Gasteiger partial charge in [-0.2, -0.15) is 0 Å². The number of hydrogen-bond donors (Lipinski definition) is 0. The van der Waals surface area contributed by atoms with Crippen molar-refractivity contribution < 1.29 is 19.0 Å². The van der Waals surface area contributed by atoms with Gasteiger partial charge < -0.3 is 14.2 Å². The summed E-state index contributed by atoms with van der Waals surface area (Å²) >= 11 is 12.1. The summed E-state index contributed by atoms with van der Waals surface area (Å²) in [6.45, 7) is 0. The Morgan fingerprint density at radius 1 is 1.07 bits per heavy atom. The summed E-state index contributed by atoms with van der Waals surface area (Å²) in [6, 6.07) is 10.8. The predicted molar refractivity (Wildman–Crippen MR) is 119 cm³/mol. The molecule has 0 N–H and O–H groups in total. The smallest absolute Gasteiger partial charge is 0.307 e. The molecule has 1 unspecified atom stereocenters. The third kappa shape index (κ3) is 6.08. The van der Waals surface area contributed by atoms with Gasteiger partial charge in [-0.15, -0.1) is 0 Å². The first kappa shape index (κ1) is 22.3. The van der Waals surface area contributed by atoms with Crippen LogP contribution in [-0.2, 0) is 9.53 Å². The molecule has 0 bridgehead atoms. The second kappa shape index (κ2) is 10.6. The molecule has 1 saturated carbocycles. The van der Waals surface area contributed by atoms with E-state index >= 15 is 0 Å². The van der Waals surface area contributed by atoms with E-state index in [4.69, 9.17) is 37.4 Å². The topological polar surface area (TPSA) is 44.8 Å². The van der Waals surface area contributed by atoms with Gasteiger partial charge in [0.1, 0.15) is 0 Å². The molecule has 0 aliphatic heterocycles. The first-order chi connectivity index (χ1) is 14.5. The van der Waals surface area contributed by atoms with Crippen molar-refractivity contribution in [1.29, 1.82) is 0 Å². The van der Waals surface area contributed by atoms with Crippen LogP contribution >= 0.6 is 23.2 Å². The minimum absolute atomic E-state index is 0.118. The van der Waals surface area contributed by atoms with Gasteiger partial charge in [0.2, 0.25) is 0 Å². The SMILES string of the molecule is COC(=O)CC(C#Cc1cc(Cl)cc(Cl)c1)c1ccc(OC)c(OC2CCCC2)c1. The van der Waals surface area contributed by atoms with Crippen LogP contribution in [0.1, 0.15) is 49.1 Å². The lowest BCUT2D eigenvalue weighted by molar-refractivity contribution is -0.140. The number of esters is 1. The van der Waals surface area contributed by atoms with E-state index in [0.717, 1.165) is 18.4 Å². The second-order valence-electron chi connectivity index (χ2n) is 7.19. The first-order valence-electron chi connectivity index (χ1n) is 9.87. The van der Waals surface area contributed by atoms with Gasteiger partial charge in [0.25, 0.3) is 0 Å². The highest BCUT2D eigenvalue weighted by Crippen LogP contribution is 2.35. The van der Waals surface area contributed by atoms with E-state index in [9.17, 15) is 4.79 Å². The van der Waals surface area contributed by atoms with Crippen LogP contribution in [0, 0.1) is 11.8 Å². The zero-order valence-corrected chi connectivity index (χ0v) is 18.6. The third-order valence-corrected chi connectivity index (χ3v) is 5.47. The maximum atomic E-state index is 12.0. The van der Waals surface area contributed by atoms with Crippen molar-refractivity contribution in [3.63, 3.8) is 0 Å². The lowest BCUT2D eigenvalue weighted by Gasteiger charge is -2.18. The van der Waals surface area contributed by atoms with Crippen molar-refractivity contribution in [2.75, 3.05) is 14.2 Å². The summed E-state index contributed by atoms with van der Waals surface area (Å²) < 4.78 is 16.5. The Morgan fingerprint density at radius 2 is 1.77 bits per heavy atom. The van der Waals surface area contributed by atoms with E-state index < -0.39 is 0 Å². The molecule has 158 valence electrons. The van der Waals surface area contributed by atoms with E-state index in [1.807, 2.05) is 18.2 Å². The molecule has 30 heavy (non-hydrogen) atoms. The molecule has 0 aromatic heterocycles. The minimum Gasteiger partial charge on any atom is -0.493 e. The number of rotatable bonds is 6. The molecular weight excluding hydrogens is 423 g/mol. The first-order valence-corrected chi connectivity index (χ1v) is 10.6. The zero-order chi connectivity index (χ0) is 21.5. The highest BCUT2D eigenvalue weighted by molar-refractivity contribution is 6.34. The van der Waals surface area contributed by atoms with Crippen molar-refractivity contribution in [3.05, 3.63) is 57.6 Å². The fraction of sp³-hybridized carbons (Fsp3) is 0.375. The molecular formula is C24H24Cl2O4. The number of ether oxygens (including phenoxy) is 3. The molecule has 0 heterocycles. The van der Waals surface area contributed by atoms with Crippen LogP contribution in [0.2, 0.25) is 10.0 Å². The summed E-state index contributed by atoms with van der Waals surface area (Å²) in [6.07, 6.45) is 4.72. The van der Waals surface area contributed by atoms with E-state index in [0.29, 0.717) is 27.1 Å². The fourth-order valence-corrected chi connectivity index (χ4v) is 4.01. The summed E-state index contributed by atoms with van der Waals surface area (Å²) in [5, 5.41) is 1.01. The number of methoxy groups -OCH3 is 2. The van der Waals surface area contributed by atoms with Crippen molar-refractivity contribution in [1.82, 2.24) is 0 Å². The normalized spacial score (nSPS) is 14.5. The Kier molecular flexibility index (Phi) is 7.90. The fourth-order valence-electron chi connectivity index (χ4n) is 3.49. The van der Waals surface area contributed by atoms with E-state index in [1.165, 1.54) is 20.0 Å². The van der Waals surface area contributed by atoms with Gasteiger partial charge in [-0.05, 0) is 61.6 Å².